The lowest BCUT2D eigenvalue weighted by Crippen LogP contribution is -2.31. The van der Waals surface area contributed by atoms with Crippen LogP contribution in [0.4, 0.5) is 4.39 Å². The molecule has 15 heavy (non-hydrogen) atoms. The molecule has 0 aliphatic carbocycles. The summed E-state index contributed by atoms with van der Waals surface area (Å²) < 4.78 is 22.6. The van der Waals surface area contributed by atoms with Gasteiger partial charge in [-0.25, -0.2) is 9.18 Å². The number of halogens is 2. The molecule has 2 atom stereocenters. The highest BCUT2D eigenvalue weighted by atomic mass is 35.5. The van der Waals surface area contributed by atoms with Crippen molar-refractivity contribution in [3.63, 3.8) is 0 Å². The van der Waals surface area contributed by atoms with Crippen molar-refractivity contribution in [2.75, 3.05) is 6.61 Å². The molecule has 0 radical (unpaired) electrons. The van der Waals surface area contributed by atoms with E-state index in [1.807, 2.05) is 0 Å². The molecule has 0 aromatic carbocycles. The first-order chi connectivity index (χ1) is 6.66. The van der Waals surface area contributed by atoms with Gasteiger partial charge in [0.15, 0.2) is 0 Å². The largest absolute Gasteiger partial charge is 0.468 e. The number of rotatable bonds is 4. The van der Waals surface area contributed by atoms with Gasteiger partial charge in [0.1, 0.15) is 11.8 Å². The predicted molar refractivity (Wildman–Crippen MR) is 54.4 cm³/mol. The minimum atomic E-state index is -1.89. The lowest BCUT2D eigenvalue weighted by Gasteiger charge is -2.12. The van der Waals surface area contributed by atoms with E-state index in [1.165, 1.54) is 12.3 Å². The first-order valence-corrected chi connectivity index (χ1v) is 4.26. The van der Waals surface area contributed by atoms with Crippen LogP contribution in [0.1, 0.15) is 18.7 Å². The van der Waals surface area contributed by atoms with Crippen LogP contribution in [-0.2, 0) is 9.53 Å². The van der Waals surface area contributed by atoms with Gasteiger partial charge in [0.25, 0.3) is 0 Å². The fourth-order valence-electron chi connectivity index (χ4n) is 0.994. The van der Waals surface area contributed by atoms with E-state index >= 15 is 0 Å². The van der Waals surface area contributed by atoms with E-state index in [9.17, 15) is 9.18 Å². The van der Waals surface area contributed by atoms with Crippen LogP contribution in [0.15, 0.2) is 22.8 Å². The van der Waals surface area contributed by atoms with Crippen molar-refractivity contribution in [2.45, 2.75) is 19.1 Å². The molecule has 0 aliphatic rings. The fraction of sp³-hybridized carbons (Fsp3) is 0.444. The van der Waals surface area contributed by atoms with Crippen LogP contribution >= 0.6 is 12.4 Å². The molecule has 6 heteroatoms. The van der Waals surface area contributed by atoms with E-state index < -0.39 is 18.2 Å². The summed E-state index contributed by atoms with van der Waals surface area (Å²) in [4.78, 5) is 11.0. The summed E-state index contributed by atoms with van der Waals surface area (Å²) in [6, 6.07) is 1.98. The van der Waals surface area contributed by atoms with Crippen LogP contribution in [-0.4, -0.2) is 18.7 Å². The average Bonchev–Trinajstić information content (AvgIpc) is 2.68. The third kappa shape index (κ3) is 3.53. The van der Waals surface area contributed by atoms with Crippen molar-refractivity contribution in [3.05, 3.63) is 24.2 Å². The second kappa shape index (κ2) is 6.42. The molecule has 0 bridgehead atoms. The second-order valence-electron chi connectivity index (χ2n) is 2.70. The lowest BCUT2D eigenvalue weighted by atomic mass is 10.1. The number of furan rings is 1. The van der Waals surface area contributed by atoms with Crippen molar-refractivity contribution in [1.29, 1.82) is 0 Å². The Balaban J connectivity index is 0.00000196. The Labute approximate surface area is 93.0 Å². The number of hydrogen-bond donors (Lipinski definition) is 1. The molecule has 1 aromatic rings. The van der Waals surface area contributed by atoms with Crippen LogP contribution in [0.25, 0.3) is 0 Å². The number of esters is 1. The van der Waals surface area contributed by atoms with Gasteiger partial charge in [-0.05, 0) is 19.1 Å². The third-order valence-electron chi connectivity index (χ3n) is 1.70. The Bertz CT molecular complexity index is 292. The number of carbonyl (C=O) groups is 1. The third-order valence-corrected chi connectivity index (χ3v) is 1.70. The number of carbonyl (C=O) groups excluding carboxylic acids is 1. The van der Waals surface area contributed by atoms with Gasteiger partial charge >= 0.3 is 5.97 Å². The maximum absolute atomic E-state index is 13.3. The highest BCUT2D eigenvalue weighted by molar-refractivity contribution is 5.85. The van der Waals surface area contributed by atoms with E-state index in [0.717, 1.165) is 0 Å². The summed E-state index contributed by atoms with van der Waals surface area (Å²) in [5.74, 6) is -0.734. The normalized spacial score (nSPS) is 13.8. The Morgan fingerprint density at radius 2 is 2.40 bits per heavy atom. The molecule has 0 spiro atoms. The van der Waals surface area contributed by atoms with Gasteiger partial charge in [0.05, 0.1) is 12.9 Å². The van der Waals surface area contributed by atoms with Crippen molar-refractivity contribution >= 4 is 18.4 Å². The number of hydrogen-bond acceptors (Lipinski definition) is 4. The topological polar surface area (TPSA) is 65.5 Å². The lowest BCUT2D eigenvalue weighted by molar-refractivity contribution is -0.150. The van der Waals surface area contributed by atoms with E-state index in [1.54, 1.807) is 13.0 Å². The summed E-state index contributed by atoms with van der Waals surface area (Å²) >= 11 is 0. The number of nitrogens with two attached hydrogens (primary N) is 1. The van der Waals surface area contributed by atoms with Crippen molar-refractivity contribution in [1.82, 2.24) is 0 Å². The molecule has 1 heterocycles. The summed E-state index contributed by atoms with van der Waals surface area (Å²) in [7, 11) is 0. The first-order valence-electron chi connectivity index (χ1n) is 4.26. The van der Waals surface area contributed by atoms with E-state index in [-0.39, 0.29) is 24.8 Å². The van der Waals surface area contributed by atoms with Gasteiger partial charge < -0.3 is 14.9 Å². The van der Waals surface area contributed by atoms with Gasteiger partial charge in [-0.15, -0.1) is 12.4 Å². The smallest absolute Gasteiger partial charge is 0.342 e. The Morgan fingerprint density at radius 1 is 1.73 bits per heavy atom. The van der Waals surface area contributed by atoms with E-state index in [0.29, 0.717) is 0 Å². The van der Waals surface area contributed by atoms with E-state index in [2.05, 4.69) is 4.74 Å². The molecule has 2 N–H and O–H groups in total. The molecule has 4 nitrogen and oxygen atoms in total. The predicted octanol–water partition coefficient (Wildman–Crippen LogP) is 1.60. The van der Waals surface area contributed by atoms with Crippen LogP contribution in [0, 0.1) is 0 Å². The highest BCUT2D eigenvalue weighted by Crippen LogP contribution is 2.18. The zero-order chi connectivity index (χ0) is 10.6. The molecular formula is C9H13ClFNO3. The Kier molecular flexibility index (Phi) is 5.96. The molecule has 1 unspecified atom stereocenters. The van der Waals surface area contributed by atoms with Gasteiger partial charge in [-0.1, -0.05) is 0 Å². The van der Waals surface area contributed by atoms with Crippen molar-refractivity contribution in [3.8, 4) is 0 Å². The first kappa shape index (κ1) is 13.9. The van der Waals surface area contributed by atoms with Crippen molar-refractivity contribution in [2.24, 2.45) is 5.73 Å². The minimum absolute atomic E-state index is 0. The molecule has 0 aliphatic heterocycles. The molecule has 0 saturated carbocycles. The van der Waals surface area contributed by atoms with Gasteiger partial charge in [-0.2, -0.15) is 0 Å². The maximum Gasteiger partial charge on any atom is 0.342 e. The molecule has 0 saturated heterocycles. The maximum atomic E-state index is 13.3. The number of ether oxygens (including phenoxy) is 1. The fourth-order valence-corrected chi connectivity index (χ4v) is 0.994. The standard InChI is InChI=1S/C9H12FNO3.ClH/c1-2-13-9(12)7(10)8(11)6-4-3-5-14-6;/h3-5,7-8H,2,11H2,1H3;1H/t7?,8-;/m1./s1. The summed E-state index contributed by atoms with van der Waals surface area (Å²) in [6.07, 6.45) is -0.520. The number of alkyl halides is 1. The van der Waals surface area contributed by atoms with Gasteiger partial charge in [0, 0.05) is 0 Å². The molecule has 1 rings (SSSR count). The van der Waals surface area contributed by atoms with Gasteiger partial charge in [0.2, 0.25) is 6.17 Å². The summed E-state index contributed by atoms with van der Waals surface area (Å²) in [6.45, 7) is 1.73. The highest BCUT2D eigenvalue weighted by Gasteiger charge is 2.29. The minimum Gasteiger partial charge on any atom is -0.468 e. The quantitative estimate of drug-likeness (QED) is 0.808. The summed E-state index contributed by atoms with van der Waals surface area (Å²) in [5, 5.41) is 0. The Morgan fingerprint density at radius 3 is 2.87 bits per heavy atom. The zero-order valence-corrected chi connectivity index (χ0v) is 9.00. The Hall–Kier alpha value is -1.07. The molecule has 86 valence electrons. The zero-order valence-electron chi connectivity index (χ0n) is 8.18. The van der Waals surface area contributed by atoms with Crippen LogP contribution in [0.2, 0.25) is 0 Å². The van der Waals surface area contributed by atoms with Crippen LogP contribution in [0.3, 0.4) is 0 Å². The summed E-state index contributed by atoms with van der Waals surface area (Å²) in [5.41, 5.74) is 5.44. The molecule has 0 fully saturated rings. The molecule has 0 amide bonds. The van der Waals surface area contributed by atoms with Crippen molar-refractivity contribution < 1.29 is 18.3 Å². The molecular weight excluding hydrogens is 225 g/mol. The van der Waals surface area contributed by atoms with E-state index in [4.69, 9.17) is 10.2 Å². The monoisotopic (exact) mass is 237 g/mol. The SMILES string of the molecule is CCOC(=O)C(F)[C@H](N)c1ccco1.Cl. The van der Waals surface area contributed by atoms with Gasteiger partial charge in [-0.3, -0.25) is 0 Å². The van der Waals surface area contributed by atoms with Crippen LogP contribution in [0.5, 0.6) is 0 Å². The molecule has 1 aromatic heterocycles. The average molecular weight is 238 g/mol. The second-order valence-corrected chi connectivity index (χ2v) is 2.70. The van der Waals surface area contributed by atoms with Crippen LogP contribution < -0.4 is 5.73 Å².